The molecule has 3 aliphatic rings. The Balaban J connectivity index is 1.39. The lowest BCUT2D eigenvalue weighted by molar-refractivity contribution is 0.332. The van der Waals surface area contributed by atoms with Crippen molar-refractivity contribution in [2.75, 3.05) is 9.80 Å². The number of benzene rings is 6. The highest BCUT2D eigenvalue weighted by atomic mass is 16.4. The molecule has 10 rings (SSSR count). The topological polar surface area (TPSA) is 19.6 Å². The molecule has 3 nitrogen and oxygen atoms in total. The smallest absolute Gasteiger partial charge is 0.257 e. The molecule has 0 saturated carbocycles. The zero-order chi connectivity index (χ0) is 48.2. The molecular weight excluding hydrogens is 751 g/mol. The molecule has 0 saturated heterocycles. The Labute approximate surface area is 378 Å². The molecule has 6 aromatic carbocycles. The highest BCUT2D eigenvalue weighted by Gasteiger charge is 2.48. The lowest BCUT2D eigenvalue weighted by Gasteiger charge is -2.43. The summed E-state index contributed by atoms with van der Waals surface area (Å²) in [5.41, 5.74) is 15.5. The van der Waals surface area contributed by atoms with Gasteiger partial charge in [0.05, 0.1) is 6.85 Å². The number of anilines is 6. The van der Waals surface area contributed by atoms with Gasteiger partial charge in [0.15, 0.2) is 0 Å². The van der Waals surface area contributed by atoms with Gasteiger partial charge in [-0.15, -0.1) is 0 Å². The fourth-order valence-corrected chi connectivity index (χ4v) is 10.3. The van der Waals surface area contributed by atoms with Gasteiger partial charge in [0, 0.05) is 39.3 Å². The lowest BCUT2D eigenvalue weighted by Crippen LogP contribution is -2.61. The molecule has 0 amide bonds. The summed E-state index contributed by atoms with van der Waals surface area (Å²) in [7, 11) is 0. The van der Waals surface area contributed by atoms with E-state index in [9.17, 15) is 2.74 Å². The minimum Gasteiger partial charge on any atom is -0.440 e. The van der Waals surface area contributed by atoms with E-state index in [1.54, 1.807) is 0 Å². The van der Waals surface area contributed by atoms with Gasteiger partial charge in [-0.2, -0.15) is 0 Å². The second kappa shape index (κ2) is 13.5. The first-order valence-corrected chi connectivity index (χ1v) is 22.5. The number of hydrogen-bond donors (Lipinski definition) is 0. The average molecular weight is 820 g/mol. The molecule has 2 aliphatic heterocycles. The summed E-state index contributed by atoms with van der Waals surface area (Å²) >= 11 is 0. The van der Waals surface area contributed by atoms with E-state index in [0.29, 0.717) is 5.56 Å². The molecule has 1 aliphatic carbocycles. The molecule has 0 unspecified atom stereocenters. The van der Waals surface area contributed by atoms with Crippen molar-refractivity contribution in [2.45, 2.75) is 130 Å². The monoisotopic (exact) mass is 820 g/mol. The van der Waals surface area contributed by atoms with Crippen LogP contribution in [-0.4, -0.2) is 6.71 Å². The molecule has 4 heteroatoms. The summed E-state index contributed by atoms with van der Waals surface area (Å²) < 4.78 is 52.2. The maximum atomic E-state index is 9.30. The molecule has 0 fully saturated rings. The van der Waals surface area contributed by atoms with Crippen LogP contribution in [0.4, 0.5) is 34.3 Å². The number of nitrogens with zero attached hydrogens (tertiary/aromatic N) is 2. The van der Waals surface area contributed by atoms with E-state index in [4.69, 9.17) is 8.53 Å². The van der Waals surface area contributed by atoms with Crippen LogP contribution in [0.25, 0.3) is 22.1 Å². The summed E-state index contributed by atoms with van der Waals surface area (Å²) in [4.78, 5) is 4.58. The molecule has 0 atom stereocenters. The third kappa shape index (κ3) is 6.38. The van der Waals surface area contributed by atoms with Gasteiger partial charge in [-0.05, 0) is 144 Å². The lowest BCUT2D eigenvalue weighted by atomic mass is 9.33. The maximum Gasteiger partial charge on any atom is 0.257 e. The van der Waals surface area contributed by atoms with Crippen LogP contribution < -0.4 is 26.2 Å². The quantitative estimate of drug-likeness (QED) is 0.166. The van der Waals surface area contributed by atoms with Gasteiger partial charge < -0.3 is 9.32 Å². The van der Waals surface area contributed by atoms with Crippen LogP contribution in [0.5, 0.6) is 0 Å². The van der Waals surface area contributed by atoms with Crippen LogP contribution in [0, 0.1) is 0 Å². The number of furan rings is 1. The first-order chi connectivity index (χ1) is 31.2. The van der Waals surface area contributed by atoms with Crippen LogP contribution in [0.3, 0.4) is 0 Å². The van der Waals surface area contributed by atoms with Crippen molar-refractivity contribution in [3.05, 3.63) is 149 Å². The predicted octanol–water partition coefficient (Wildman–Crippen LogP) is 14.4. The highest BCUT2D eigenvalue weighted by Crippen LogP contribution is 2.51. The molecule has 314 valence electrons. The molecule has 1 aromatic heterocycles. The molecule has 0 N–H and O–H groups in total. The first kappa shape index (κ1) is 35.0. The standard InChI is InChI=1S/C58H63BN2O/c1-54(2,3)38-19-24-41(25-20-38)60-47-28-23-40(56(7,8)9)33-46(47)59-51-43-34-44-45(58(12,13)30-29-57(44,10)11)35-50(43)62-53(51)61(42-26-21-39(22-27-42)55(4,5)6)49-32-37(31-48(60)52(49)59)36-17-15-14-16-18-36/h14-28,31-35H,29-30H2,1-13H3/i14D,15D,16D,17D,18D. The number of rotatable bonds is 3. The van der Waals surface area contributed by atoms with Crippen LogP contribution in [0.15, 0.2) is 126 Å². The number of fused-ring (bicyclic) bond motifs is 7. The van der Waals surface area contributed by atoms with Gasteiger partial charge in [0.25, 0.3) is 6.71 Å². The normalized spacial score (nSPS) is 17.6. The van der Waals surface area contributed by atoms with Crippen LogP contribution >= 0.6 is 0 Å². The summed E-state index contributed by atoms with van der Waals surface area (Å²) in [6.07, 6.45) is 2.17. The van der Waals surface area contributed by atoms with Crippen molar-refractivity contribution in [1.82, 2.24) is 0 Å². The largest absolute Gasteiger partial charge is 0.440 e. The third-order valence-corrected chi connectivity index (χ3v) is 14.3. The number of hydrogen-bond acceptors (Lipinski definition) is 3. The van der Waals surface area contributed by atoms with Gasteiger partial charge in [0.1, 0.15) is 5.58 Å². The average Bonchev–Trinajstić information content (AvgIpc) is 3.63. The summed E-state index contributed by atoms with van der Waals surface area (Å²) in [5, 5.41) is 1.10. The molecule has 0 spiro atoms. The minimum absolute atomic E-state index is 0.0358. The van der Waals surface area contributed by atoms with E-state index >= 15 is 0 Å². The van der Waals surface area contributed by atoms with E-state index in [0.717, 1.165) is 69.1 Å². The molecule has 3 heterocycles. The molecule has 7 aromatic rings. The Hall–Kier alpha value is -5.48. The van der Waals surface area contributed by atoms with Crippen molar-refractivity contribution in [3.63, 3.8) is 0 Å². The maximum absolute atomic E-state index is 9.30. The van der Waals surface area contributed by atoms with Gasteiger partial charge >= 0.3 is 0 Å². The predicted molar refractivity (Wildman–Crippen MR) is 267 cm³/mol. The Morgan fingerprint density at radius 1 is 0.532 bits per heavy atom. The summed E-state index contributed by atoms with van der Waals surface area (Å²) in [6, 6.07) is 31.8. The molecule has 0 bridgehead atoms. The summed E-state index contributed by atoms with van der Waals surface area (Å²) in [6.45, 7) is 29.4. The van der Waals surface area contributed by atoms with E-state index in [-0.39, 0.29) is 63.5 Å². The molecule has 0 radical (unpaired) electrons. The van der Waals surface area contributed by atoms with Gasteiger partial charge in [-0.1, -0.05) is 157 Å². The molecular formula is C58H63BN2O. The Morgan fingerprint density at radius 2 is 1.03 bits per heavy atom. The third-order valence-electron chi connectivity index (χ3n) is 14.3. The van der Waals surface area contributed by atoms with Crippen LogP contribution in [0.2, 0.25) is 0 Å². The summed E-state index contributed by atoms with van der Waals surface area (Å²) in [5.74, 6) is 0.730. The molecule has 62 heavy (non-hydrogen) atoms. The van der Waals surface area contributed by atoms with E-state index < -0.39 is 6.04 Å². The van der Waals surface area contributed by atoms with Gasteiger partial charge in [0.2, 0.25) is 5.88 Å². The highest BCUT2D eigenvalue weighted by molar-refractivity contribution is 7.01. The van der Waals surface area contributed by atoms with Gasteiger partial charge in [-0.25, -0.2) is 0 Å². The van der Waals surface area contributed by atoms with Crippen LogP contribution in [-0.2, 0) is 27.1 Å². The SMILES string of the molecule is [2H]c1c([2H])c([2H])c(-c2cc3c4c(c2)N(c2ccc(C(C)(C)C)cc2)c2oc5cc6c(cc5c2B4c2cc(C(C)(C)C)ccc2N3c2ccc(C(C)(C)C)cc2)C(C)(C)CCC6(C)C)c([2H])c1[2H]. The zero-order valence-electron chi connectivity index (χ0n) is 44.0. The van der Waals surface area contributed by atoms with Crippen molar-refractivity contribution >= 4 is 68.4 Å². The Morgan fingerprint density at radius 3 is 1.58 bits per heavy atom. The van der Waals surface area contributed by atoms with Crippen molar-refractivity contribution < 1.29 is 11.3 Å². The fraction of sp³-hybridized carbons (Fsp3) is 0.345. The van der Waals surface area contributed by atoms with Crippen molar-refractivity contribution in [3.8, 4) is 11.1 Å². The van der Waals surface area contributed by atoms with E-state index in [1.807, 2.05) is 6.07 Å². The van der Waals surface area contributed by atoms with Gasteiger partial charge in [-0.3, -0.25) is 4.90 Å². The Kier molecular flexibility index (Phi) is 7.64. The zero-order valence-corrected chi connectivity index (χ0v) is 39.0. The van der Waals surface area contributed by atoms with Crippen molar-refractivity contribution in [2.24, 2.45) is 0 Å². The van der Waals surface area contributed by atoms with Crippen LogP contribution in [0.1, 0.15) is 138 Å². The van der Waals surface area contributed by atoms with E-state index in [1.165, 1.54) is 33.3 Å². The fourth-order valence-electron chi connectivity index (χ4n) is 10.3. The van der Waals surface area contributed by atoms with E-state index in [2.05, 4.69) is 185 Å². The second-order valence-electron chi connectivity index (χ2n) is 22.6. The second-order valence-corrected chi connectivity index (χ2v) is 22.6. The Bertz CT molecular complexity index is 3170. The first-order valence-electron chi connectivity index (χ1n) is 25.0. The minimum atomic E-state index is -0.413. The van der Waals surface area contributed by atoms with Crippen molar-refractivity contribution in [1.29, 1.82) is 0 Å².